The molecule has 6 rings (SSSR count). The Kier molecular flexibility index (Phi) is 11.1. The quantitative estimate of drug-likeness (QED) is 0.267. The third kappa shape index (κ3) is 6.28. The Bertz CT molecular complexity index is 1780. The third-order valence-electron chi connectivity index (χ3n) is 7.32. The number of aromatic nitrogens is 5. The number of aryl methyl sites for hydroxylation is 1. The van der Waals surface area contributed by atoms with Gasteiger partial charge in [0.1, 0.15) is 41.4 Å². The number of fused-ring (bicyclic) bond motifs is 3. The Morgan fingerprint density at radius 2 is 1.84 bits per heavy atom. The van der Waals surface area contributed by atoms with Crippen molar-refractivity contribution in [3.8, 4) is 28.6 Å². The van der Waals surface area contributed by atoms with Crippen LogP contribution in [0.2, 0.25) is 0 Å². The number of piperidine rings is 1. The van der Waals surface area contributed by atoms with E-state index in [-0.39, 0.29) is 52.5 Å². The predicted octanol–water partition coefficient (Wildman–Crippen LogP) is 5.26. The fraction of sp³-hybridized carbons (Fsp3) is 0.300. The number of benzene rings is 2. The second-order valence-corrected chi connectivity index (χ2v) is 9.74. The molecule has 1 aliphatic rings. The number of pyridine rings is 1. The average Bonchev–Trinajstić information content (AvgIpc) is 3.32. The van der Waals surface area contributed by atoms with Gasteiger partial charge in [-0.2, -0.15) is 27.0 Å². The molecule has 44 heavy (non-hydrogen) atoms. The number of alkyl halides is 1. The van der Waals surface area contributed by atoms with Gasteiger partial charge in [-0.15, -0.1) is 0 Å². The lowest BCUT2D eigenvalue weighted by molar-refractivity contribution is -0.137. The number of imidazole rings is 1. The first kappa shape index (κ1) is 34.5. The van der Waals surface area contributed by atoms with E-state index in [0.29, 0.717) is 57.8 Å². The molecule has 1 amide bonds. The molecule has 1 aliphatic heterocycles. The van der Waals surface area contributed by atoms with Crippen molar-refractivity contribution in [3.05, 3.63) is 66.6 Å². The van der Waals surface area contributed by atoms with Gasteiger partial charge in [-0.25, -0.2) is 23.7 Å². The van der Waals surface area contributed by atoms with Crippen LogP contribution in [0.5, 0.6) is 17.5 Å². The minimum atomic E-state index is -1.39. The molecule has 0 bridgehead atoms. The summed E-state index contributed by atoms with van der Waals surface area (Å²) in [7, 11) is 1.48. The van der Waals surface area contributed by atoms with Crippen molar-refractivity contribution in [1.82, 2.24) is 29.4 Å². The number of methoxy groups -OCH3 is 1. The molecule has 5 aromatic rings. The van der Waals surface area contributed by atoms with E-state index < -0.39 is 30.5 Å². The van der Waals surface area contributed by atoms with Crippen molar-refractivity contribution in [2.24, 2.45) is 0 Å². The molecule has 0 spiro atoms. The van der Waals surface area contributed by atoms with Gasteiger partial charge in [-0.3, -0.25) is 9.78 Å². The number of amides is 1. The van der Waals surface area contributed by atoms with E-state index in [1.54, 1.807) is 55.8 Å². The number of ether oxygens (including phenoxy) is 2. The van der Waals surface area contributed by atoms with Gasteiger partial charge in [0.05, 0.1) is 36.9 Å². The number of aliphatic hydroxyl groups is 1. The van der Waals surface area contributed by atoms with Crippen LogP contribution in [0.15, 0.2) is 55.0 Å². The summed E-state index contributed by atoms with van der Waals surface area (Å²) in [5.74, 6) is 0.346. The van der Waals surface area contributed by atoms with Gasteiger partial charge in [0.15, 0.2) is 0 Å². The lowest BCUT2D eigenvalue weighted by Crippen LogP contribution is -2.46. The number of carbonyl (C=O) groups is 1. The maximum Gasteiger partial charge on any atom is 0.321 e. The van der Waals surface area contributed by atoms with Gasteiger partial charge in [-0.05, 0) is 37.6 Å². The van der Waals surface area contributed by atoms with Crippen LogP contribution in [0, 0.1) is 12.7 Å². The number of halogens is 2. The summed E-state index contributed by atoms with van der Waals surface area (Å²) in [5, 5.41) is 9.80. The topological polar surface area (TPSA) is 115 Å². The van der Waals surface area contributed by atoms with Gasteiger partial charge in [0, 0.05) is 47.6 Å². The van der Waals surface area contributed by atoms with Crippen molar-refractivity contribution in [2.45, 2.75) is 33.0 Å². The highest BCUT2D eigenvalue weighted by Gasteiger charge is 2.34. The highest BCUT2D eigenvalue weighted by atomic mass is 32.1. The first-order valence-electron chi connectivity index (χ1n) is 13.0. The number of rotatable bonds is 6. The van der Waals surface area contributed by atoms with Crippen molar-refractivity contribution >= 4 is 54.8 Å². The normalized spacial score (nSPS) is 16.1. The molecule has 1 unspecified atom stereocenters. The van der Waals surface area contributed by atoms with Crippen molar-refractivity contribution in [3.63, 3.8) is 0 Å². The Labute approximate surface area is 267 Å². The monoisotopic (exact) mass is 644 g/mol. The lowest BCUT2D eigenvalue weighted by Gasteiger charge is -2.35. The lowest BCUT2D eigenvalue weighted by atomic mass is 9.99. The second-order valence-electron chi connectivity index (χ2n) is 9.74. The average molecular weight is 645 g/mol. The van der Waals surface area contributed by atoms with E-state index in [4.69, 9.17) is 9.47 Å². The SMILES string of the molecule is C.COc1cc(Oc2ncccn2)ccc1-c1cc2c(cc1F)ncc1nc(C)n([C@H]3CCN(C(=O)CO)CC3F)c12.S.S. The van der Waals surface area contributed by atoms with Crippen molar-refractivity contribution in [2.75, 3.05) is 26.8 Å². The number of aliphatic hydroxyl groups excluding tert-OH is 1. The number of hydrogen-bond acceptors (Lipinski definition) is 8. The largest absolute Gasteiger partial charge is 0.496 e. The van der Waals surface area contributed by atoms with Crippen LogP contribution in [0.3, 0.4) is 0 Å². The van der Waals surface area contributed by atoms with Crippen molar-refractivity contribution in [1.29, 1.82) is 0 Å². The van der Waals surface area contributed by atoms with Crippen molar-refractivity contribution < 1.29 is 28.2 Å². The van der Waals surface area contributed by atoms with Gasteiger partial charge in [0.25, 0.3) is 0 Å². The standard InChI is InChI=1S/C29H26F2N6O4.CH4.2H2S/c1-16-35-24-13-34-23-12-21(30)19(18-5-4-17(10-26(18)40-2)41-29-32-7-3-8-33-29)11-20(23)28(24)37(16)25-6-9-36(14-22(25)31)27(39)15-38;;;/h3-5,7-8,10-13,22,25,38H,6,9,14-15H2,1-2H3;1H4;2*1H2/t22?,25-;;;/m0.../s1. The smallest absolute Gasteiger partial charge is 0.321 e. The molecule has 10 nitrogen and oxygen atoms in total. The molecule has 0 saturated carbocycles. The molecule has 2 aromatic carbocycles. The highest BCUT2D eigenvalue weighted by molar-refractivity contribution is 7.59. The molecule has 0 aliphatic carbocycles. The van der Waals surface area contributed by atoms with Crippen LogP contribution < -0.4 is 9.47 Å². The molecular weight excluding hydrogens is 610 g/mol. The molecule has 3 aromatic heterocycles. The Balaban J connectivity index is 0.00000176. The maximum absolute atomic E-state index is 15.6. The van der Waals surface area contributed by atoms with Gasteiger partial charge < -0.3 is 24.0 Å². The van der Waals surface area contributed by atoms with Crippen LogP contribution in [-0.4, -0.2) is 73.4 Å². The third-order valence-corrected chi connectivity index (χ3v) is 7.32. The minimum absolute atomic E-state index is 0. The number of hydrogen-bond donors (Lipinski definition) is 1. The van der Waals surface area contributed by atoms with Crippen LogP contribution in [0.25, 0.3) is 33.1 Å². The van der Waals surface area contributed by atoms with Crippen LogP contribution in [0.1, 0.15) is 25.7 Å². The first-order chi connectivity index (χ1) is 19.9. The molecule has 1 saturated heterocycles. The summed E-state index contributed by atoms with van der Waals surface area (Å²) < 4.78 is 44.2. The van der Waals surface area contributed by atoms with Crippen LogP contribution in [0.4, 0.5) is 8.78 Å². The second kappa shape index (κ2) is 14.2. The van der Waals surface area contributed by atoms with E-state index in [1.165, 1.54) is 18.1 Å². The zero-order valence-electron chi connectivity index (χ0n) is 23.3. The van der Waals surface area contributed by atoms with E-state index in [0.717, 1.165) is 0 Å². The maximum atomic E-state index is 15.6. The summed E-state index contributed by atoms with van der Waals surface area (Å²) in [6.45, 7) is 1.29. The van der Waals surface area contributed by atoms with E-state index in [2.05, 4.69) is 19.9 Å². The van der Waals surface area contributed by atoms with Gasteiger partial charge in [-0.1, -0.05) is 7.43 Å². The number of nitrogens with zero attached hydrogens (tertiary/aromatic N) is 6. The molecule has 1 fully saturated rings. The van der Waals surface area contributed by atoms with Crippen LogP contribution in [-0.2, 0) is 4.79 Å². The Morgan fingerprint density at radius 1 is 1.09 bits per heavy atom. The molecule has 1 N–H and O–H groups in total. The first-order valence-corrected chi connectivity index (χ1v) is 13.0. The minimum Gasteiger partial charge on any atom is -0.496 e. The predicted molar refractivity (Wildman–Crippen MR) is 174 cm³/mol. The van der Waals surface area contributed by atoms with Gasteiger partial charge >= 0.3 is 6.01 Å². The summed E-state index contributed by atoms with van der Waals surface area (Å²) in [6.07, 6.45) is 3.61. The summed E-state index contributed by atoms with van der Waals surface area (Å²) >= 11 is 0. The fourth-order valence-electron chi connectivity index (χ4n) is 5.44. The van der Waals surface area contributed by atoms with Crippen LogP contribution >= 0.6 is 27.0 Å². The zero-order valence-corrected chi connectivity index (χ0v) is 25.3. The Hall–Kier alpha value is -4.01. The highest BCUT2D eigenvalue weighted by Crippen LogP contribution is 2.39. The van der Waals surface area contributed by atoms with E-state index in [9.17, 15) is 9.90 Å². The molecule has 2 atom stereocenters. The summed E-state index contributed by atoms with van der Waals surface area (Å²) in [4.78, 5) is 30.4. The van der Waals surface area contributed by atoms with E-state index >= 15 is 8.78 Å². The Morgan fingerprint density at radius 3 is 2.52 bits per heavy atom. The molecule has 4 heterocycles. The van der Waals surface area contributed by atoms with Gasteiger partial charge in [0.2, 0.25) is 5.91 Å². The summed E-state index contributed by atoms with van der Waals surface area (Å²) in [6, 6.07) is 9.22. The molecule has 234 valence electrons. The number of carbonyl (C=O) groups excluding carboxylic acids is 1. The molecule has 0 radical (unpaired) electrons. The summed E-state index contributed by atoms with van der Waals surface area (Å²) in [5.41, 5.74) is 2.31. The fourth-order valence-corrected chi connectivity index (χ4v) is 5.44. The van der Waals surface area contributed by atoms with E-state index in [1.807, 2.05) is 4.57 Å². The molecular formula is C30H34F2N6O4S2. The molecule has 14 heteroatoms. The zero-order chi connectivity index (χ0) is 28.7. The number of likely N-dealkylation sites (tertiary alicyclic amines) is 1.